The molecule has 2 aliphatic heterocycles. The zero-order chi connectivity index (χ0) is 20.6. The first-order valence-corrected chi connectivity index (χ1v) is 9.53. The minimum absolute atomic E-state index is 0.265. The Morgan fingerprint density at radius 2 is 1.83 bits per heavy atom. The fourth-order valence-corrected chi connectivity index (χ4v) is 3.84. The van der Waals surface area contributed by atoms with Crippen LogP contribution < -0.4 is 14.4 Å². The Morgan fingerprint density at radius 3 is 2.59 bits per heavy atom. The van der Waals surface area contributed by atoms with Crippen LogP contribution >= 0.6 is 0 Å². The Kier molecular flexibility index (Phi) is 4.78. The van der Waals surface area contributed by atoms with Gasteiger partial charge in [0.2, 0.25) is 0 Å². The standard InChI is InChI=1S/C23H23NO5/c1-23(2)17-6-4-5-7-18(17)24(3)21(23)13-16(25)14-29-22(26)15-8-9-19-20(12-15)28-11-10-27-19/h4-9,12-13H,10-11,14H2,1-3H3. The van der Waals surface area contributed by atoms with Crippen molar-refractivity contribution in [3.63, 3.8) is 0 Å². The van der Waals surface area contributed by atoms with Gasteiger partial charge in [-0.3, -0.25) is 4.79 Å². The molecular weight excluding hydrogens is 370 g/mol. The maximum Gasteiger partial charge on any atom is 0.338 e. The van der Waals surface area contributed by atoms with E-state index in [1.54, 1.807) is 24.3 Å². The van der Waals surface area contributed by atoms with Crippen LogP contribution in [-0.2, 0) is 14.9 Å². The predicted molar refractivity (Wildman–Crippen MR) is 109 cm³/mol. The number of para-hydroxylation sites is 1. The molecule has 0 N–H and O–H groups in total. The van der Waals surface area contributed by atoms with Crippen molar-refractivity contribution < 1.29 is 23.8 Å². The molecule has 0 radical (unpaired) electrons. The molecule has 6 nitrogen and oxygen atoms in total. The highest BCUT2D eigenvalue weighted by atomic mass is 16.6. The minimum Gasteiger partial charge on any atom is -0.486 e. The fourth-order valence-electron chi connectivity index (χ4n) is 3.84. The smallest absolute Gasteiger partial charge is 0.338 e. The summed E-state index contributed by atoms with van der Waals surface area (Å²) in [5.41, 5.74) is 3.13. The summed E-state index contributed by atoms with van der Waals surface area (Å²) in [5.74, 6) is 0.264. The van der Waals surface area contributed by atoms with Gasteiger partial charge in [-0.25, -0.2) is 4.79 Å². The predicted octanol–water partition coefficient (Wildman–Crippen LogP) is 3.50. The number of carbonyl (C=O) groups excluding carboxylic acids is 2. The molecule has 0 saturated heterocycles. The highest BCUT2D eigenvalue weighted by Gasteiger charge is 2.38. The number of allylic oxidation sites excluding steroid dienone is 1. The second-order valence-corrected chi connectivity index (χ2v) is 7.63. The van der Waals surface area contributed by atoms with E-state index in [0.29, 0.717) is 30.3 Å². The lowest BCUT2D eigenvalue weighted by Gasteiger charge is -2.23. The molecule has 0 atom stereocenters. The number of fused-ring (bicyclic) bond motifs is 2. The second-order valence-electron chi connectivity index (χ2n) is 7.63. The summed E-state index contributed by atoms with van der Waals surface area (Å²) in [6, 6.07) is 12.9. The molecular formula is C23H23NO5. The molecule has 150 valence electrons. The number of nitrogens with zero attached hydrogens (tertiary/aromatic N) is 1. The topological polar surface area (TPSA) is 65.1 Å². The van der Waals surface area contributed by atoms with Gasteiger partial charge in [0.1, 0.15) is 13.2 Å². The van der Waals surface area contributed by atoms with E-state index in [2.05, 4.69) is 19.9 Å². The average Bonchev–Trinajstić information content (AvgIpc) is 2.92. The molecule has 29 heavy (non-hydrogen) atoms. The minimum atomic E-state index is -0.573. The van der Waals surface area contributed by atoms with Gasteiger partial charge in [0.15, 0.2) is 23.9 Å². The van der Waals surface area contributed by atoms with E-state index >= 15 is 0 Å². The van der Waals surface area contributed by atoms with Gasteiger partial charge in [0.05, 0.1) is 5.56 Å². The first-order valence-electron chi connectivity index (χ1n) is 9.53. The number of ketones is 1. The summed E-state index contributed by atoms with van der Waals surface area (Å²) in [5, 5.41) is 0. The van der Waals surface area contributed by atoms with Crippen molar-refractivity contribution in [1.82, 2.24) is 0 Å². The van der Waals surface area contributed by atoms with Crippen molar-refractivity contribution >= 4 is 17.4 Å². The summed E-state index contributed by atoms with van der Waals surface area (Å²) >= 11 is 0. The zero-order valence-electron chi connectivity index (χ0n) is 16.7. The number of hydrogen-bond acceptors (Lipinski definition) is 6. The van der Waals surface area contributed by atoms with Crippen LogP contribution in [0.5, 0.6) is 11.5 Å². The molecule has 0 aromatic heterocycles. The van der Waals surface area contributed by atoms with Gasteiger partial charge >= 0.3 is 5.97 Å². The van der Waals surface area contributed by atoms with Crippen molar-refractivity contribution in [2.24, 2.45) is 0 Å². The lowest BCUT2D eigenvalue weighted by Crippen LogP contribution is -2.25. The van der Waals surface area contributed by atoms with Gasteiger partial charge in [-0.05, 0) is 29.8 Å². The molecule has 4 rings (SSSR count). The third-order valence-electron chi connectivity index (χ3n) is 5.36. The van der Waals surface area contributed by atoms with Crippen LogP contribution in [0.25, 0.3) is 0 Å². The molecule has 0 bridgehead atoms. The average molecular weight is 393 g/mol. The summed E-state index contributed by atoms with van der Waals surface area (Å²) in [4.78, 5) is 26.9. The maximum atomic E-state index is 12.5. The second kappa shape index (κ2) is 7.28. The number of rotatable bonds is 4. The molecule has 0 saturated carbocycles. The Hall–Kier alpha value is -3.28. The largest absolute Gasteiger partial charge is 0.486 e. The normalized spacial score (nSPS) is 17.8. The summed E-state index contributed by atoms with van der Waals surface area (Å²) < 4.78 is 16.1. The molecule has 0 unspecified atom stereocenters. The Bertz CT molecular complexity index is 1010. The number of likely N-dealkylation sites (N-methyl/N-ethyl adjacent to an activating group) is 1. The monoisotopic (exact) mass is 393 g/mol. The van der Waals surface area contributed by atoms with Gasteiger partial charge in [-0.1, -0.05) is 32.0 Å². The quantitative estimate of drug-likeness (QED) is 0.585. The first-order chi connectivity index (χ1) is 13.9. The van der Waals surface area contributed by atoms with Crippen LogP contribution in [0.1, 0.15) is 29.8 Å². The summed E-state index contributed by atoms with van der Waals surface area (Å²) in [6.07, 6.45) is 1.57. The molecule has 0 fully saturated rings. The van der Waals surface area contributed by atoms with Crippen molar-refractivity contribution in [2.45, 2.75) is 19.3 Å². The number of hydrogen-bond donors (Lipinski definition) is 0. The van der Waals surface area contributed by atoms with Crippen LogP contribution in [0.15, 0.2) is 54.2 Å². The van der Waals surface area contributed by atoms with E-state index < -0.39 is 5.97 Å². The Labute approximate surface area is 169 Å². The van der Waals surface area contributed by atoms with E-state index in [0.717, 1.165) is 16.9 Å². The number of esters is 1. The zero-order valence-corrected chi connectivity index (χ0v) is 16.7. The third-order valence-corrected chi connectivity index (χ3v) is 5.36. The van der Waals surface area contributed by atoms with Gasteiger partial charge < -0.3 is 19.1 Å². The first kappa shape index (κ1) is 19.1. The Balaban J connectivity index is 1.45. The van der Waals surface area contributed by atoms with Crippen molar-refractivity contribution in [3.05, 3.63) is 65.4 Å². The molecule has 2 aliphatic rings. The van der Waals surface area contributed by atoms with Crippen LogP contribution in [0.3, 0.4) is 0 Å². The van der Waals surface area contributed by atoms with Crippen LogP contribution in [0.2, 0.25) is 0 Å². The lowest BCUT2D eigenvalue weighted by molar-refractivity contribution is -0.117. The van der Waals surface area contributed by atoms with Gasteiger partial charge in [0.25, 0.3) is 0 Å². The maximum absolute atomic E-state index is 12.5. The van der Waals surface area contributed by atoms with E-state index in [1.165, 1.54) is 0 Å². The van der Waals surface area contributed by atoms with Gasteiger partial charge in [0, 0.05) is 29.9 Å². The molecule has 2 aromatic rings. The number of benzene rings is 2. The Morgan fingerprint density at radius 1 is 1.10 bits per heavy atom. The molecule has 0 aliphatic carbocycles. The SMILES string of the molecule is CN1C(=CC(=O)COC(=O)c2ccc3c(c2)OCCO3)C(C)(C)c2ccccc21. The number of carbonyl (C=O) groups is 2. The van der Waals surface area contributed by atoms with Gasteiger partial charge in [-0.15, -0.1) is 0 Å². The van der Waals surface area contributed by atoms with Crippen LogP contribution in [0, 0.1) is 0 Å². The highest BCUT2D eigenvalue weighted by Crippen LogP contribution is 2.46. The van der Waals surface area contributed by atoms with E-state index in [9.17, 15) is 9.59 Å². The number of ether oxygens (including phenoxy) is 3. The summed E-state index contributed by atoms with van der Waals surface area (Å²) in [7, 11) is 1.94. The van der Waals surface area contributed by atoms with Crippen LogP contribution in [0.4, 0.5) is 5.69 Å². The molecule has 2 heterocycles. The lowest BCUT2D eigenvalue weighted by atomic mass is 9.83. The van der Waals surface area contributed by atoms with Gasteiger partial charge in [-0.2, -0.15) is 0 Å². The molecule has 2 aromatic carbocycles. The molecule has 6 heteroatoms. The van der Waals surface area contributed by atoms with Crippen molar-refractivity contribution in [3.8, 4) is 11.5 Å². The molecule has 0 amide bonds. The molecule has 0 spiro atoms. The van der Waals surface area contributed by atoms with E-state index in [-0.39, 0.29) is 17.8 Å². The fraction of sp³-hybridized carbons (Fsp3) is 0.304. The van der Waals surface area contributed by atoms with E-state index in [1.807, 2.05) is 30.1 Å². The van der Waals surface area contributed by atoms with Crippen LogP contribution in [-0.4, -0.2) is 38.6 Å². The highest BCUT2D eigenvalue weighted by molar-refractivity contribution is 5.96. The summed E-state index contributed by atoms with van der Waals surface area (Å²) in [6.45, 7) is 4.75. The van der Waals surface area contributed by atoms with Crippen molar-refractivity contribution in [1.29, 1.82) is 0 Å². The van der Waals surface area contributed by atoms with Crippen molar-refractivity contribution in [2.75, 3.05) is 31.8 Å². The number of anilines is 1. The van der Waals surface area contributed by atoms with E-state index in [4.69, 9.17) is 14.2 Å². The third kappa shape index (κ3) is 3.46.